The Morgan fingerprint density at radius 2 is 1.71 bits per heavy atom. The molecule has 6 nitrogen and oxygen atoms in total. The number of rotatable bonds is 6. The zero-order valence-corrected chi connectivity index (χ0v) is 16.5. The van der Waals surface area contributed by atoms with Crippen molar-refractivity contribution >= 4 is 34.9 Å². The molecule has 144 valence electrons. The Morgan fingerprint density at radius 1 is 1.11 bits per heavy atom. The van der Waals surface area contributed by atoms with Gasteiger partial charge in [-0.2, -0.15) is 5.10 Å². The van der Waals surface area contributed by atoms with Crippen LogP contribution in [0.25, 0.3) is 11.3 Å². The third-order valence-corrected chi connectivity index (χ3v) is 4.51. The molecule has 3 aromatic rings. The van der Waals surface area contributed by atoms with Crippen LogP contribution in [0.2, 0.25) is 10.0 Å². The first-order valence-corrected chi connectivity index (χ1v) is 9.25. The van der Waals surface area contributed by atoms with Gasteiger partial charge in [0.1, 0.15) is 11.4 Å². The Kier molecular flexibility index (Phi) is 6.34. The fourth-order valence-electron chi connectivity index (χ4n) is 2.63. The lowest BCUT2D eigenvalue weighted by Gasteiger charge is -2.09. The van der Waals surface area contributed by atoms with Crippen LogP contribution in [0.5, 0.6) is 0 Å². The van der Waals surface area contributed by atoms with Crippen molar-refractivity contribution in [2.75, 3.05) is 6.61 Å². The zero-order valence-electron chi connectivity index (χ0n) is 15.0. The molecular formula is C20H17Cl2N3O3. The van der Waals surface area contributed by atoms with Gasteiger partial charge in [-0.1, -0.05) is 52.6 Å². The maximum absolute atomic E-state index is 12.4. The van der Waals surface area contributed by atoms with Crippen LogP contribution in [-0.2, 0) is 11.3 Å². The first-order valence-electron chi connectivity index (χ1n) is 8.49. The lowest BCUT2D eigenvalue weighted by atomic mass is 10.1. The van der Waals surface area contributed by atoms with Crippen molar-refractivity contribution in [2.24, 2.45) is 5.16 Å². The number of hydrogen-bond donors (Lipinski definition) is 1. The van der Waals surface area contributed by atoms with E-state index in [-0.39, 0.29) is 18.8 Å². The minimum atomic E-state index is -0.511. The molecular weight excluding hydrogens is 401 g/mol. The number of ether oxygens (including phenoxy) is 1. The largest absolute Gasteiger partial charge is 0.461 e. The second-order valence-electron chi connectivity index (χ2n) is 5.85. The van der Waals surface area contributed by atoms with Gasteiger partial charge >= 0.3 is 5.97 Å². The third kappa shape index (κ3) is 4.52. The van der Waals surface area contributed by atoms with Crippen molar-refractivity contribution in [2.45, 2.75) is 13.5 Å². The number of esters is 1. The topological polar surface area (TPSA) is 76.7 Å². The molecule has 0 radical (unpaired) electrons. The summed E-state index contributed by atoms with van der Waals surface area (Å²) in [7, 11) is 0. The molecule has 0 spiro atoms. The second-order valence-corrected chi connectivity index (χ2v) is 6.73. The lowest BCUT2D eigenvalue weighted by Crippen LogP contribution is -2.19. The molecule has 28 heavy (non-hydrogen) atoms. The number of carbonyl (C=O) groups is 1. The van der Waals surface area contributed by atoms with E-state index in [0.717, 1.165) is 5.56 Å². The normalized spacial score (nSPS) is 11.5. The highest BCUT2D eigenvalue weighted by Gasteiger charge is 2.19. The number of oxime groups is 1. The highest BCUT2D eigenvalue weighted by molar-refractivity contribution is 6.31. The smallest absolute Gasteiger partial charge is 0.356 e. The average molecular weight is 418 g/mol. The van der Waals surface area contributed by atoms with Crippen LogP contribution in [-0.4, -0.2) is 33.3 Å². The molecule has 0 aliphatic rings. The van der Waals surface area contributed by atoms with Crippen LogP contribution in [0.3, 0.4) is 0 Å². The van der Waals surface area contributed by atoms with Crippen LogP contribution < -0.4 is 0 Å². The van der Waals surface area contributed by atoms with Gasteiger partial charge in [-0.25, -0.2) is 4.79 Å². The predicted octanol–water partition coefficient (Wildman–Crippen LogP) is 4.91. The molecule has 1 heterocycles. The molecule has 8 heteroatoms. The summed E-state index contributed by atoms with van der Waals surface area (Å²) in [5.74, 6) is -0.511. The molecule has 3 rings (SSSR count). The number of aromatic nitrogens is 2. The molecule has 0 saturated heterocycles. The summed E-state index contributed by atoms with van der Waals surface area (Å²) >= 11 is 11.9. The minimum absolute atomic E-state index is 0.0693. The second kappa shape index (κ2) is 8.91. The van der Waals surface area contributed by atoms with Gasteiger partial charge in [-0.15, -0.1) is 0 Å². The molecule has 0 atom stereocenters. The molecule has 0 unspecified atom stereocenters. The Labute approximate surface area is 172 Å². The standard InChI is InChI=1S/C20H17Cl2N3O3/c1-2-28-20(26)19-11-17(13-3-7-15(21)8-4-13)23-25(19)12-18(24-27)14-5-9-16(22)10-6-14/h3-11,27H,2,12H2,1H3/b24-18-. The summed E-state index contributed by atoms with van der Waals surface area (Å²) in [5.41, 5.74) is 2.61. The molecule has 0 bridgehead atoms. The summed E-state index contributed by atoms with van der Waals surface area (Å²) in [5, 5.41) is 18.5. The van der Waals surface area contributed by atoms with Crippen molar-refractivity contribution < 1.29 is 14.7 Å². The number of hydrogen-bond acceptors (Lipinski definition) is 5. The molecule has 2 aromatic carbocycles. The fourth-order valence-corrected chi connectivity index (χ4v) is 2.89. The maximum atomic E-state index is 12.4. The Hall–Kier alpha value is -2.83. The van der Waals surface area contributed by atoms with Crippen molar-refractivity contribution in [1.29, 1.82) is 0 Å². The predicted molar refractivity (Wildman–Crippen MR) is 108 cm³/mol. The minimum Gasteiger partial charge on any atom is -0.461 e. The first-order chi connectivity index (χ1) is 13.5. The van der Waals surface area contributed by atoms with E-state index in [1.54, 1.807) is 49.4 Å². The van der Waals surface area contributed by atoms with Crippen molar-refractivity contribution in [1.82, 2.24) is 9.78 Å². The first kappa shape index (κ1) is 19.9. The summed E-state index contributed by atoms with van der Waals surface area (Å²) in [4.78, 5) is 12.4. The lowest BCUT2D eigenvalue weighted by molar-refractivity contribution is 0.0513. The number of nitrogens with zero attached hydrogens (tertiary/aromatic N) is 3. The molecule has 0 saturated carbocycles. The van der Waals surface area contributed by atoms with Crippen molar-refractivity contribution in [3.8, 4) is 11.3 Å². The zero-order chi connectivity index (χ0) is 20.1. The van der Waals surface area contributed by atoms with E-state index in [1.165, 1.54) is 4.68 Å². The van der Waals surface area contributed by atoms with Gasteiger partial charge in [-0.3, -0.25) is 4.68 Å². The highest BCUT2D eigenvalue weighted by Crippen LogP contribution is 2.22. The molecule has 0 aliphatic carbocycles. The molecule has 0 fully saturated rings. The van der Waals surface area contributed by atoms with Gasteiger partial charge in [0.25, 0.3) is 0 Å². The summed E-state index contributed by atoms with van der Waals surface area (Å²) in [6.45, 7) is 2.03. The fraction of sp³-hybridized carbons (Fsp3) is 0.150. The van der Waals surface area contributed by atoms with E-state index in [4.69, 9.17) is 27.9 Å². The SMILES string of the molecule is CCOC(=O)c1cc(-c2ccc(Cl)cc2)nn1C/C(=N/O)c1ccc(Cl)cc1. The van der Waals surface area contributed by atoms with Crippen LogP contribution in [0, 0.1) is 0 Å². The summed E-state index contributed by atoms with van der Waals surface area (Å²) in [6, 6.07) is 15.6. The third-order valence-electron chi connectivity index (χ3n) is 4.00. The maximum Gasteiger partial charge on any atom is 0.356 e. The van der Waals surface area contributed by atoms with Gasteiger partial charge in [0.15, 0.2) is 0 Å². The monoisotopic (exact) mass is 417 g/mol. The highest BCUT2D eigenvalue weighted by atomic mass is 35.5. The number of carbonyl (C=O) groups excluding carboxylic acids is 1. The van der Waals surface area contributed by atoms with Crippen LogP contribution in [0.4, 0.5) is 0 Å². The van der Waals surface area contributed by atoms with Crippen molar-refractivity contribution in [3.05, 3.63) is 75.9 Å². The summed E-state index contributed by atoms with van der Waals surface area (Å²) < 4.78 is 6.58. The van der Waals surface area contributed by atoms with Gasteiger partial charge in [0, 0.05) is 21.2 Å². The number of halogens is 2. The molecule has 0 amide bonds. The van der Waals surface area contributed by atoms with Crippen LogP contribution in [0.1, 0.15) is 23.0 Å². The average Bonchev–Trinajstić information content (AvgIpc) is 3.11. The van der Waals surface area contributed by atoms with E-state index in [2.05, 4.69) is 10.3 Å². The van der Waals surface area contributed by atoms with Crippen LogP contribution >= 0.6 is 23.2 Å². The van der Waals surface area contributed by atoms with Gasteiger partial charge in [-0.05, 0) is 37.3 Å². The Bertz CT molecular complexity index is 997. The molecule has 1 N–H and O–H groups in total. The van der Waals surface area contributed by atoms with E-state index in [9.17, 15) is 10.0 Å². The Balaban J connectivity index is 1.98. The molecule has 0 aliphatic heterocycles. The van der Waals surface area contributed by atoms with E-state index in [0.29, 0.717) is 27.0 Å². The van der Waals surface area contributed by atoms with Crippen LogP contribution in [0.15, 0.2) is 59.8 Å². The quantitative estimate of drug-likeness (QED) is 0.267. The number of benzene rings is 2. The van der Waals surface area contributed by atoms with E-state index >= 15 is 0 Å². The Morgan fingerprint density at radius 3 is 2.29 bits per heavy atom. The van der Waals surface area contributed by atoms with E-state index < -0.39 is 5.97 Å². The van der Waals surface area contributed by atoms with Crippen molar-refractivity contribution in [3.63, 3.8) is 0 Å². The summed E-state index contributed by atoms with van der Waals surface area (Å²) in [6.07, 6.45) is 0. The van der Waals surface area contributed by atoms with E-state index in [1.807, 2.05) is 12.1 Å². The van der Waals surface area contributed by atoms with Gasteiger partial charge < -0.3 is 9.94 Å². The molecule has 1 aromatic heterocycles. The van der Waals surface area contributed by atoms with Gasteiger partial charge in [0.05, 0.1) is 18.8 Å². The van der Waals surface area contributed by atoms with Gasteiger partial charge in [0.2, 0.25) is 0 Å².